The Bertz CT molecular complexity index is 1910. The number of nitrogens with zero attached hydrogens (tertiary/aromatic N) is 1. The molecular formula is C72H121N2O7P. The zero-order valence-corrected chi connectivity index (χ0v) is 54.0. The van der Waals surface area contributed by atoms with E-state index in [-0.39, 0.29) is 31.3 Å². The van der Waals surface area contributed by atoms with E-state index >= 15 is 0 Å². The van der Waals surface area contributed by atoms with Crippen LogP contribution >= 0.6 is 7.82 Å². The smallest absolute Gasteiger partial charge is 0.306 e. The standard InChI is InChI=1S/C72H121N2O7P/c1-7-10-13-16-19-22-25-28-30-32-34-36-37-39-40-42-44-46-49-52-55-58-61-64-71(75)73-69(68-80-82(77,78)79-67-66-74(4,5)6)70(63-60-57-54-51-48-27-24-21-18-15-12-9-3)81-72(76)65-62-59-56-53-50-47-45-43-41-38-35-33-31-29-26-23-20-17-14-11-8-2/h10-11,13-14,19-20,22-23,28-31,34-36,38-40,43-46,60,63,69-70H,7-9,12,15-18,21,24-27,32-33,37,41-42,47-59,61-62,64-68H2,1-6H3,(H-,73,75,77,78)/b13-10-,14-11-,22-19-,23-20-,30-28-,31-29-,36-34-,38-35-,40-39-,45-43-,46-44-,63-60+. The number of quaternary nitrogens is 1. The Hall–Kier alpha value is -4.11. The van der Waals surface area contributed by atoms with E-state index in [0.717, 1.165) is 148 Å². The van der Waals surface area contributed by atoms with Gasteiger partial charge in [0.25, 0.3) is 7.82 Å². The largest absolute Gasteiger partial charge is 0.756 e. The number of phosphoric ester groups is 1. The maximum Gasteiger partial charge on any atom is 0.306 e. The summed E-state index contributed by atoms with van der Waals surface area (Å²) in [5.74, 6) is -0.603. The summed E-state index contributed by atoms with van der Waals surface area (Å²) in [5, 5.41) is 3.01. The van der Waals surface area contributed by atoms with Crippen molar-refractivity contribution in [2.24, 2.45) is 0 Å². The molecule has 0 fully saturated rings. The molecule has 0 rings (SSSR count). The molecule has 0 saturated carbocycles. The fourth-order valence-corrected chi connectivity index (χ4v) is 9.27. The summed E-state index contributed by atoms with van der Waals surface area (Å²) in [6, 6.07) is -0.922. The first-order chi connectivity index (χ1) is 39.9. The van der Waals surface area contributed by atoms with Crippen molar-refractivity contribution in [3.8, 4) is 0 Å². The Kier molecular flexibility index (Phi) is 57.0. The van der Waals surface area contributed by atoms with Crippen LogP contribution in [-0.2, 0) is 27.9 Å². The third kappa shape index (κ3) is 60.5. The lowest BCUT2D eigenvalue weighted by Crippen LogP contribution is -2.47. The summed E-state index contributed by atoms with van der Waals surface area (Å²) in [5.41, 5.74) is 0. The fourth-order valence-electron chi connectivity index (χ4n) is 8.55. The second-order valence-electron chi connectivity index (χ2n) is 22.5. The van der Waals surface area contributed by atoms with Gasteiger partial charge in [0, 0.05) is 12.8 Å². The van der Waals surface area contributed by atoms with E-state index in [0.29, 0.717) is 23.9 Å². The molecule has 0 radical (unpaired) electrons. The number of nitrogens with one attached hydrogen (secondary N) is 1. The van der Waals surface area contributed by atoms with Gasteiger partial charge in [-0.15, -0.1) is 0 Å². The zero-order valence-electron chi connectivity index (χ0n) is 53.1. The highest BCUT2D eigenvalue weighted by Crippen LogP contribution is 2.38. The fraction of sp³-hybridized carbons (Fsp3) is 0.639. The zero-order chi connectivity index (χ0) is 60.0. The van der Waals surface area contributed by atoms with Crippen LogP contribution in [0.5, 0.6) is 0 Å². The van der Waals surface area contributed by atoms with E-state index in [9.17, 15) is 19.0 Å². The molecule has 0 aliphatic heterocycles. The van der Waals surface area contributed by atoms with E-state index in [2.05, 4.69) is 160 Å². The van der Waals surface area contributed by atoms with Crippen LogP contribution in [0.1, 0.15) is 245 Å². The number of rotatable bonds is 57. The molecule has 0 aliphatic carbocycles. The van der Waals surface area contributed by atoms with Crippen LogP contribution in [0.25, 0.3) is 0 Å². The minimum Gasteiger partial charge on any atom is -0.756 e. The van der Waals surface area contributed by atoms with E-state index in [4.69, 9.17) is 13.8 Å². The summed E-state index contributed by atoms with van der Waals surface area (Å²) < 4.78 is 30.3. The number of hydrogen-bond donors (Lipinski definition) is 1. The van der Waals surface area contributed by atoms with Crippen molar-refractivity contribution in [1.82, 2.24) is 5.32 Å². The van der Waals surface area contributed by atoms with E-state index < -0.39 is 26.6 Å². The van der Waals surface area contributed by atoms with Crippen LogP contribution in [0.15, 0.2) is 146 Å². The molecule has 10 heteroatoms. The third-order valence-electron chi connectivity index (χ3n) is 13.5. The summed E-state index contributed by atoms with van der Waals surface area (Å²) in [6.07, 6.45) is 86.7. The van der Waals surface area contributed by atoms with Crippen LogP contribution in [0, 0.1) is 0 Å². The number of amides is 1. The van der Waals surface area contributed by atoms with Crippen molar-refractivity contribution in [3.05, 3.63) is 146 Å². The molecule has 0 aromatic heterocycles. The summed E-state index contributed by atoms with van der Waals surface area (Å²) >= 11 is 0. The lowest BCUT2D eigenvalue weighted by atomic mass is 10.0. The third-order valence-corrected chi connectivity index (χ3v) is 14.5. The van der Waals surface area contributed by atoms with Gasteiger partial charge in [0.2, 0.25) is 5.91 Å². The van der Waals surface area contributed by atoms with Crippen LogP contribution in [0.3, 0.4) is 0 Å². The van der Waals surface area contributed by atoms with Crippen molar-refractivity contribution >= 4 is 19.7 Å². The Morgan fingerprint density at radius 3 is 1.17 bits per heavy atom. The molecule has 0 aliphatic rings. The number of esters is 1. The van der Waals surface area contributed by atoms with Gasteiger partial charge in [-0.05, 0) is 128 Å². The molecule has 0 aromatic carbocycles. The first kappa shape index (κ1) is 77.9. The van der Waals surface area contributed by atoms with Crippen molar-refractivity contribution in [2.45, 2.75) is 258 Å². The molecule has 9 nitrogen and oxygen atoms in total. The molecular weight excluding hydrogens is 1040 g/mol. The Morgan fingerprint density at radius 2 is 0.780 bits per heavy atom. The van der Waals surface area contributed by atoms with Gasteiger partial charge in [0.05, 0.1) is 33.8 Å². The van der Waals surface area contributed by atoms with Gasteiger partial charge >= 0.3 is 5.97 Å². The number of phosphoric acid groups is 1. The number of unbranched alkanes of at least 4 members (excludes halogenated alkanes) is 19. The summed E-state index contributed by atoms with van der Waals surface area (Å²) in [6.45, 7) is 6.56. The van der Waals surface area contributed by atoms with Gasteiger partial charge in [-0.3, -0.25) is 14.2 Å². The van der Waals surface area contributed by atoms with Gasteiger partial charge in [-0.25, -0.2) is 0 Å². The average Bonchev–Trinajstić information content (AvgIpc) is 3.47. The number of allylic oxidation sites excluding steroid dienone is 23. The SMILES string of the molecule is CC/C=C\C/C=C\C/C=C\C/C=C\C/C=C\C/C=C\CCCCCCC(=O)NC(COP(=O)([O-])OCC[N+](C)(C)C)C(/C=C/CCCCCCCCCCCC)OC(=O)CCCCCCC/C=C\C/C=C\C/C=C\C/C=C\C/C=C\CC. The molecule has 0 bridgehead atoms. The van der Waals surface area contributed by atoms with Crippen molar-refractivity contribution in [1.29, 1.82) is 0 Å². The van der Waals surface area contributed by atoms with Gasteiger partial charge in [-0.1, -0.05) is 250 Å². The van der Waals surface area contributed by atoms with Crippen LogP contribution < -0.4 is 10.2 Å². The number of hydrogen-bond acceptors (Lipinski definition) is 7. The lowest BCUT2D eigenvalue weighted by Gasteiger charge is -2.30. The number of carbonyl (C=O) groups is 2. The Balaban J connectivity index is 5.31. The van der Waals surface area contributed by atoms with Crippen molar-refractivity contribution < 1.29 is 37.3 Å². The highest BCUT2D eigenvalue weighted by Gasteiger charge is 2.27. The summed E-state index contributed by atoms with van der Waals surface area (Å²) in [7, 11) is 1.13. The van der Waals surface area contributed by atoms with E-state index in [1.807, 2.05) is 33.3 Å². The van der Waals surface area contributed by atoms with Gasteiger partial charge in [-0.2, -0.15) is 0 Å². The molecule has 0 heterocycles. The summed E-state index contributed by atoms with van der Waals surface area (Å²) in [4.78, 5) is 40.1. The molecule has 1 amide bonds. The monoisotopic (exact) mass is 1160 g/mol. The molecule has 0 spiro atoms. The number of ether oxygens (including phenoxy) is 1. The molecule has 0 saturated heterocycles. The molecule has 466 valence electrons. The van der Waals surface area contributed by atoms with Crippen molar-refractivity contribution in [3.63, 3.8) is 0 Å². The second kappa shape index (κ2) is 60.0. The Labute approximate surface area is 504 Å². The van der Waals surface area contributed by atoms with E-state index in [1.165, 1.54) is 51.4 Å². The molecule has 1 N–H and O–H groups in total. The predicted molar refractivity (Wildman–Crippen MR) is 353 cm³/mol. The topological polar surface area (TPSA) is 114 Å². The first-order valence-corrected chi connectivity index (χ1v) is 34.1. The second-order valence-corrected chi connectivity index (χ2v) is 23.9. The Morgan fingerprint density at radius 1 is 0.439 bits per heavy atom. The van der Waals surface area contributed by atoms with Crippen molar-refractivity contribution in [2.75, 3.05) is 40.9 Å². The maximum absolute atomic E-state index is 13.6. The molecule has 0 aromatic rings. The van der Waals surface area contributed by atoms with Crippen LogP contribution in [0.4, 0.5) is 0 Å². The number of likely N-dealkylation sites (N-methyl/N-ethyl adjacent to an activating group) is 1. The minimum absolute atomic E-state index is 0.0397. The number of carbonyl (C=O) groups excluding carboxylic acids is 2. The van der Waals surface area contributed by atoms with Gasteiger partial charge in [0.15, 0.2) is 0 Å². The van der Waals surface area contributed by atoms with Crippen LogP contribution in [0.2, 0.25) is 0 Å². The first-order valence-electron chi connectivity index (χ1n) is 32.6. The molecule has 3 unspecified atom stereocenters. The van der Waals surface area contributed by atoms with E-state index in [1.54, 1.807) is 0 Å². The molecule has 3 atom stereocenters. The maximum atomic E-state index is 13.6. The predicted octanol–water partition coefficient (Wildman–Crippen LogP) is 20.0. The average molecular weight is 1160 g/mol. The highest BCUT2D eigenvalue weighted by atomic mass is 31.2. The molecule has 82 heavy (non-hydrogen) atoms. The van der Waals surface area contributed by atoms with Gasteiger partial charge in [0.1, 0.15) is 19.3 Å². The van der Waals surface area contributed by atoms with Crippen LogP contribution in [-0.4, -0.2) is 69.4 Å². The minimum atomic E-state index is -4.73. The normalized spacial score (nSPS) is 14.6. The highest BCUT2D eigenvalue weighted by molar-refractivity contribution is 7.45. The lowest BCUT2D eigenvalue weighted by molar-refractivity contribution is -0.870. The quantitative estimate of drug-likeness (QED) is 0.0212. The van der Waals surface area contributed by atoms with Gasteiger partial charge < -0.3 is 28.5 Å².